The van der Waals surface area contributed by atoms with Gasteiger partial charge in [-0.15, -0.1) is 0 Å². The monoisotopic (exact) mass is 399 g/mol. The maximum Gasteiger partial charge on any atom is 0.242 e. The van der Waals surface area contributed by atoms with E-state index in [1.54, 1.807) is 44.5 Å². The predicted octanol–water partition coefficient (Wildman–Crippen LogP) is 3.29. The molecule has 1 saturated heterocycles. The van der Waals surface area contributed by atoms with Gasteiger partial charge in [-0.1, -0.05) is 23.9 Å². The first-order valence-corrected chi connectivity index (χ1v) is 9.49. The Bertz CT molecular complexity index is 899. The molecule has 1 aliphatic heterocycles. The smallest absolute Gasteiger partial charge is 0.242 e. The van der Waals surface area contributed by atoms with Crippen LogP contribution in [0.15, 0.2) is 53.5 Å². The highest BCUT2D eigenvalue weighted by Crippen LogP contribution is 2.31. The molecule has 8 heteroatoms. The summed E-state index contributed by atoms with van der Waals surface area (Å²) in [7, 11) is 4.80. The molecule has 1 fully saturated rings. The number of carbonyl (C=O) groups excluding carboxylic acids is 2. The number of rotatable bonds is 6. The summed E-state index contributed by atoms with van der Waals surface area (Å²) in [6, 6.07) is 14.4. The molecule has 0 saturated carbocycles. The summed E-state index contributed by atoms with van der Waals surface area (Å²) < 4.78 is 10.4. The number of nitrogens with zero attached hydrogens (tertiary/aromatic N) is 2. The molecule has 0 unspecified atom stereocenters. The molecule has 7 nitrogen and oxygen atoms in total. The van der Waals surface area contributed by atoms with Crippen LogP contribution in [0.2, 0.25) is 0 Å². The minimum absolute atomic E-state index is 0.0491. The lowest BCUT2D eigenvalue weighted by Crippen LogP contribution is -2.30. The number of amides is 2. The van der Waals surface area contributed by atoms with Crippen LogP contribution < -0.4 is 14.8 Å². The van der Waals surface area contributed by atoms with E-state index in [9.17, 15) is 9.59 Å². The Hall–Kier alpha value is -3.00. The lowest BCUT2D eigenvalue weighted by molar-refractivity contribution is -0.127. The van der Waals surface area contributed by atoms with Gasteiger partial charge in [-0.05, 0) is 36.4 Å². The normalized spacial score (nSPS) is 17.7. The standard InChI is InChI=1S/C20H21N3O4S/c1-23-19(25)17(12-18(24)22-15-6-4-5-7-16(15)27-3)28-20(23)21-13-8-10-14(26-2)11-9-13/h4-11,17H,12H2,1-3H3,(H,22,24)/t17-/m0/s1. The maximum atomic E-state index is 12.5. The number of benzene rings is 2. The van der Waals surface area contributed by atoms with Crippen LogP contribution >= 0.6 is 11.8 Å². The van der Waals surface area contributed by atoms with Gasteiger partial charge in [0.25, 0.3) is 0 Å². The Morgan fingerprint density at radius 1 is 1.14 bits per heavy atom. The van der Waals surface area contributed by atoms with Gasteiger partial charge in [0.2, 0.25) is 11.8 Å². The molecule has 1 N–H and O–H groups in total. The molecule has 1 heterocycles. The molecule has 0 aromatic heterocycles. The topological polar surface area (TPSA) is 80.2 Å². The van der Waals surface area contributed by atoms with Crippen LogP contribution in [-0.4, -0.2) is 48.4 Å². The first kappa shape index (κ1) is 19.8. The second-order valence-corrected chi connectivity index (χ2v) is 7.22. The fourth-order valence-electron chi connectivity index (χ4n) is 2.68. The zero-order valence-electron chi connectivity index (χ0n) is 15.8. The summed E-state index contributed by atoms with van der Waals surface area (Å²) in [5, 5.41) is 2.84. The van der Waals surface area contributed by atoms with Crippen molar-refractivity contribution in [1.29, 1.82) is 0 Å². The van der Waals surface area contributed by atoms with E-state index in [0.29, 0.717) is 22.3 Å². The Morgan fingerprint density at radius 2 is 1.86 bits per heavy atom. The second kappa shape index (κ2) is 8.79. The molecule has 146 valence electrons. The number of anilines is 1. The highest BCUT2D eigenvalue weighted by Gasteiger charge is 2.37. The zero-order chi connectivity index (χ0) is 20.1. The van der Waals surface area contributed by atoms with Gasteiger partial charge in [0.1, 0.15) is 16.7 Å². The molecule has 0 spiro atoms. The minimum Gasteiger partial charge on any atom is -0.497 e. The van der Waals surface area contributed by atoms with Crippen LogP contribution in [-0.2, 0) is 9.59 Å². The van der Waals surface area contributed by atoms with Crippen LogP contribution in [0.25, 0.3) is 0 Å². The molecule has 0 radical (unpaired) electrons. The number of nitrogens with one attached hydrogen (secondary N) is 1. The molecular weight excluding hydrogens is 378 g/mol. The van der Waals surface area contributed by atoms with E-state index in [1.165, 1.54) is 23.8 Å². The average molecular weight is 399 g/mol. The molecule has 0 bridgehead atoms. The summed E-state index contributed by atoms with van der Waals surface area (Å²) in [5.41, 5.74) is 1.29. The quantitative estimate of drug-likeness (QED) is 0.806. The number of carbonyl (C=O) groups is 2. The lowest BCUT2D eigenvalue weighted by atomic mass is 10.2. The van der Waals surface area contributed by atoms with E-state index in [0.717, 1.165) is 5.75 Å². The first-order chi connectivity index (χ1) is 13.5. The Kier molecular flexibility index (Phi) is 6.20. The molecule has 2 aromatic carbocycles. The molecule has 28 heavy (non-hydrogen) atoms. The van der Waals surface area contributed by atoms with E-state index < -0.39 is 5.25 Å². The molecule has 3 rings (SSSR count). The Balaban J connectivity index is 1.67. The average Bonchev–Trinajstić information content (AvgIpc) is 2.96. The van der Waals surface area contributed by atoms with Crippen LogP contribution in [0.5, 0.6) is 11.5 Å². The molecule has 1 aliphatic rings. The zero-order valence-corrected chi connectivity index (χ0v) is 16.7. The van der Waals surface area contributed by atoms with Crippen molar-refractivity contribution in [3.63, 3.8) is 0 Å². The SMILES string of the molecule is COc1ccc(N=C2S[C@@H](CC(=O)Nc3ccccc3OC)C(=O)N2C)cc1. The molecule has 2 aromatic rings. The minimum atomic E-state index is -0.517. The predicted molar refractivity (Wildman–Crippen MR) is 110 cm³/mol. The number of methoxy groups -OCH3 is 2. The van der Waals surface area contributed by atoms with Crippen LogP contribution in [0.1, 0.15) is 6.42 Å². The van der Waals surface area contributed by atoms with Crippen LogP contribution in [0, 0.1) is 0 Å². The fourth-order valence-corrected chi connectivity index (χ4v) is 3.84. The number of hydrogen-bond donors (Lipinski definition) is 1. The highest BCUT2D eigenvalue weighted by atomic mass is 32.2. The lowest BCUT2D eigenvalue weighted by Gasteiger charge is -2.11. The number of hydrogen-bond acceptors (Lipinski definition) is 6. The van der Waals surface area contributed by atoms with Gasteiger partial charge in [0.15, 0.2) is 5.17 Å². The van der Waals surface area contributed by atoms with Gasteiger partial charge in [-0.2, -0.15) is 0 Å². The summed E-state index contributed by atoms with van der Waals surface area (Å²) in [5.74, 6) is 0.903. The van der Waals surface area contributed by atoms with Crippen molar-refractivity contribution in [2.24, 2.45) is 4.99 Å². The van der Waals surface area contributed by atoms with Gasteiger partial charge < -0.3 is 14.8 Å². The summed E-state index contributed by atoms with van der Waals surface area (Å²) in [6.45, 7) is 0. The van der Waals surface area contributed by atoms with Crippen molar-refractivity contribution in [3.8, 4) is 11.5 Å². The fraction of sp³-hybridized carbons (Fsp3) is 0.250. The van der Waals surface area contributed by atoms with E-state index in [4.69, 9.17) is 9.47 Å². The van der Waals surface area contributed by atoms with Gasteiger partial charge in [0, 0.05) is 13.5 Å². The van der Waals surface area contributed by atoms with Crippen LogP contribution in [0.4, 0.5) is 11.4 Å². The number of thioether (sulfide) groups is 1. The number of amidine groups is 1. The number of para-hydroxylation sites is 2. The van der Waals surface area contributed by atoms with Crippen LogP contribution in [0.3, 0.4) is 0 Å². The van der Waals surface area contributed by atoms with Crippen molar-refractivity contribution in [3.05, 3.63) is 48.5 Å². The third kappa shape index (κ3) is 4.45. The van der Waals surface area contributed by atoms with Gasteiger partial charge in [-0.3, -0.25) is 14.5 Å². The second-order valence-electron chi connectivity index (χ2n) is 6.05. The van der Waals surface area contributed by atoms with Gasteiger partial charge in [0.05, 0.1) is 25.6 Å². The number of ether oxygens (including phenoxy) is 2. The third-order valence-electron chi connectivity index (χ3n) is 4.19. The Morgan fingerprint density at radius 3 is 2.54 bits per heavy atom. The van der Waals surface area contributed by atoms with E-state index in [-0.39, 0.29) is 18.2 Å². The third-order valence-corrected chi connectivity index (χ3v) is 5.42. The number of aliphatic imine (C=N–C) groups is 1. The van der Waals surface area contributed by atoms with Crippen molar-refractivity contribution in [2.75, 3.05) is 26.6 Å². The summed E-state index contributed by atoms with van der Waals surface area (Å²) >= 11 is 1.28. The summed E-state index contributed by atoms with van der Waals surface area (Å²) in [6.07, 6.45) is 0.0491. The van der Waals surface area contributed by atoms with E-state index in [1.807, 2.05) is 18.2 Å². The van der Waals surface area contributed by atoms with E-state index >= 15 is 0 Å². The first-order valence-electron chi connectivity index (χ1n) is 8.61. The van der Waals surface area contributed by atoms with Crippen molar-refractivity contribution in [1.82, 2.24) is 4.90 Å². The van der Waals surface area contributed by atoms with E-state index in [2.05, 4.69) is 10.3 Å². The largest absolute Gasteiger partial charge is 0.497 e. The van der Waals surface area contributed by atoms with Crippen molar-refractivity contribution in [2.45, 2.75) is 11.7 Å². The maximum absolute atomic E-state index is 12.5. The molecular formula is C20H21N3O4S. The Labute approximate surface area is 167 Å². The van der Waals surface area contributed by atoms with Crippen molar-refractivity contribution < 1.29 is 19.1 Å². The highest BCUT2D eigenvalue weighted by molar-refractivity contribution is 8.15. The molecule has 1 atom stereocenters. The molecule has 2 amide bonds. The summed E-state index contributed by atoms with van der Waals surface area (Å²) in [4.78, 5) is 30.9. The van der Waals surface area contributed by atoms with Gasteiger partial charge >= 0.3 is 0 Å². The van der Waals surface area contributed by atoms with Gasteiger partial charge in [-0.25, -0.2) is 4.99 Å². The van der Waals surface area contributed by atoms with Crippen molar-refractivity contribution >= 4 is 40.1 Å². The molecule has 0 aliphatic carbocycles.